The average molecular weight is 661 g/mol. The van der Waals surface area contributed by atoms with Crippen LogP contribution in [0.15, 0.2) is 60.9 Å². The molecule has 2 saturated heterocycles. The van der Waals surface area contributed by atoms with Crippen LogP contribution < -0.4 is 0 Å². The maximum Gasteiger partial charge on any atom is 0.223 e. The molecule has 3 fully saturated rings. The Balaban J connectivity index is 1.01. The van der Waals surface area contributed by atoms with Crippen molar-refractivity contribution in [3.63, 3.8) is 0 Å². The number of carbonyl (C=O) groups is 4. The molecule has 49 heavy (non-hydrogen) atoms. The molecule has 3 aliphatic rings. The van der Waals surface area contributed by atoms with E-state index in [-0.39, 0.29) is 61.1 Å². The number of ketones is 2. The quantitative estimate of drug-likeness (QED) is 0.171. The number of amides is 2. The van der Waals surface area contributed by atoms with E-state index in [1.165, 1.54) is 26.7 Å². The maximum atomic E-state index is 13.1. The van der Waals surface area contributed by atoms with Crippen LogP contribution in [0.2, 0.25) is 0 Å². The lowest BCUT2D eigenvalue weighted by molar-refractivity contribution is -0.134. The first-order valence-corrected chi connectivity index (χ1v) is 17.6. The van der Waals surface area contributed by atoms with Crippen LogP contribution in [0.25, 0.3) is 33.6 Å². The second-order valence-corrected chi connectivity index (χ2v) is 14.1. The van der Waals surface area contributed by atoms with E-state index in [1.807, 2.05) is 22.2 Å². The van der Waals surface area contributed by atoms with Gasteiger partial charge in [-0.15, -0.1) is 0 Å². The molecule has 7 rings (SSSR count). The zero-order valence-electron chi connectivity index (χ0n) is 28.3. The van der Waals surface area contributed by atoms with E-state index >= 15 is 0 Å². The van der Waals surface area contributed by atoms with Crippen LogP contribution in [-0.4, -0.2) is 66.2 Å². The predicted octanol–water partition coefficient (Wildman–Crippen LogP) is 6.84. The molecule has 2 aliphatic heterocycles. The largest absolute Gasteiger partial charge is 0.340 e. The number of imidazole rings is 2. The van der Waals surface area contributed by atoms with Crippen molar-refractivity contribution in [3.8, 4) is 33.6 Å². The molecule has 0 radical (unpaired) electrons. The van der Waals surface area contributed by atoms with Gasteiger partial charge >= 0.3 is 0 Å². The van der Waals surface area contributed by atoms with Gasteiger partial charge < -0.3 is 29.4 Å². The van der Waals surface area contributed by atoms with Gasteiger partial charge in [-0.2, -0.15) is 0 Å². The molecule has 2 aromatic heterocycles. The highest BCUT2D eigenvalue weighted by Crippen LogP contribution is 2.47. The summed E-state index contributed by atoms with van der Waals surface area (Å²) in [4.78, 5) is 68.9. The topological polar surface area (TPSA) is 132 Å². The van der Waals surface area contributed by atoms with E-state index in [4.69, 9.17) is 4.98 Å². The number of benzene rings is 2. The Hall–Kier alpha value is -4.86. The van der Waals surface area contributed by atoms with Gasteiger partial charge in [0.1, 0.15) is 23.2 Å². The fraction of sp³-hybridized carbons (Fsp3) is 0.436. The van der Waals surface area contributed by atoms with Crippen LogP contribution in [0.5, 0.6) is 0 Å². The molecule has 254 valence electrons. The van der Waals surface area contributed by atoms with Crippen molar-refractivity contribution in [2.75, 3.05) is 13.1 Å². The first kappa shape index (κ1) is 32.7. The van der Waals surface area contributed by atoms with E-state index in [1.54, 1.807) is 0 Å². The van der Waals surface area contributed by atoms with E-state index in [0.717, 1.165) is 71.1 Å². The minimum atomic E-state index is -0.0889. The first-order valence-electron chi connectivity index (χ1n) is 17.6. The molecule has 2 N–H and O–H groups in total. The van der Waals surface area contributed by atoms with Gasteiger partial charge in [0.25, 0.3) is 0 Å². The highest BCUT2D eigenvalue weighted by molar-refractivity contribution is 5.84. The SMILES string of the molecule is CC(=O)CCC(=O)N1CCC[C@H]1c1ncc(-c2ccc(-c3ccc(-c4cnc([C@@H]5C[C@H](C6CC6)CN5C(=O)CCC(C)=O)[nH]4)cc3)cc2)[nH]1. The Morgan fingerprint density at radius 1 is 0.633 bits per heavy atom. The summed E-state index contributed by atoms with van der Waals surface area (Å²) in [5, 5.41) is 0. The Kier molecular flexibility index (Phi) is 9.29. The predicted molar refractivity (Wildman–Crippen MR) is 186 cm³/mol. The Bertz CT molecular complexity index is 1840. The van der Waals surface area contributed by atoms with Crippen molar-refractivity contribution in [1.82, 2.24) is 29.7 Å². The number of nitrogens with one attached hydrogen (secondary N) is 2. The zero-order chi connectivity index (χ0) is 34.1. The summed E-state index contributed by atoms with van der Waals surface area (Å²) < 4.78 is 0. The second kappa shape index (κ2) is 13.9. The van der Waals surface area contributed by atoms with Gasteiger partial charge in [-0.1, -0.05) is 48.5 Å². The molecule has 1 saturated carbocycles. The lowest BCUT2D eigenvalue weighted by Crippen LogP contribution is -2.32. The molecule has 0 unspecified atom stereocenters. The summed E-state index contributed by atoms with van der Waals surface area (Å²) in [6.45, 7) is 4.50. The first-order chi connectivity index (χ1) is 23.7. The number of H-pyrrole nitrogens is 2. The molecule has 4 heterocycles. The van der Waals surface area contributed by atoms with Crippen LogP contribution in [0, 0.1) is 11.8 Å². The van der Waals surface area contributed by atoms with Crippen molar-refractivity contribution in [2.45, 2.75) is 83.7 Å². The third-order valence-corrected chi connectivity index (χ3v) is 10.4. The van der Waals surface area contributed by atoms with Crippen molar-refractivity contribution in [3.05, 3.63) is 72.6 Å². The Morgan fingerprint density at radius 2 is 1.12 bits per heavy atom. The van der Waals surface area contributed by atoms with Crippen LogP contribution in [0.3, 0.4) is 0 Å². The van der Waals surface area contributed by atoms with Gasteiger partial charge in [0, 0.05) is 38.8 Å². The van der Waals surface area contributed by atoms with Gasteiger partial charge in [0.15, 0.2) is 0 Å². The number of hydrogen-bond acceptors (Lipinski definition) is 6. The fourth-order valence-corrected chi connectivity index (χ4v) is 7.50. The van der Waals surface area contributed by atoms with Gasteiger partial charge in [-0.25, -0.2) is 9.97 Å². The lowest BCUT2D eigenvalue weighted by atomic mass is 10.00. The van der Waals surface area contributed by atoms with Crippen LogP contribution >= 0.6 is 0 Å². The van der Waals surface area contributed by atoms with Gasteiger partial charge in [0.2, 0.25) is 11.8 Å². The highest BCUT2D eigenvalue weighted by Gasteiger charge is 2.44. The molecule has 2 amide bonds. The van der Waals surface area contributed by atoms with Crippen molar-refractivity contribution in [2.24, 2.45) is 11.8 Å². The number of hydrogen-bond donors (Lipinski definition) is 2. The minimum absolute atomic E-state index is 0.00964. The summed E-state index contributed by atoms with van der Waals surface area (Å²) in [5.41, 5.74) is 6.04. The van der Waals surface area contributed by atoms with Gasteiger partial charge in [-0.3, -0.25) is 9.59 Å². The zero-order valence-corrected chi connectivity index (χ0v) is 28.3. The van der Waals surface area contributed by atoms with Gasteiger partial charge in [0.05, 0.1) is 35.9 Å². The molecule has 4 aromatic rings. The normalized spacial score (nSPS) is 20.6. The minimum Gasteiger partial charge on any atom is -0.340 e. The van der Waals surface area contributed by atoms with Crippen molar-refractivity contribution >= 4 is 23.4 Å². The number of carbonyl (C=O) groups excluding carboxylic acids is 4. The molecule has 3 atom stereocenters. The highest BCUT2D eigenvalue weighted by atomic mass is 16.2. The standard InChI is InChI=1S/C39H44N6O4/c1-24(46)5-17-36(48)44-19-3-4-34(44)38-40-21-32(42-38)29-13-9-26(10-14-29)27-11-15-30(16-12-27)33-22-41-39(43-33)35-20-31(28-7-8-28)23-45(35)37(49)18-6-25(2)47/h9-16,21-22,28,31,34-35H,3-8,17-20,23H2,1-2H3,(H,40,42)(H,41,43)/t31-,34-,35-/m0/s1. The van der Waals surface area contributed by atoms with Crippen molar-refractivity contribution < 1.29 is 19.2 Å². The van der Waals surface area contributed by atoms with E-state index in [2.05, 4.69) is 63.5 Å². The Morgan fingerprint density at radius 3 is 1.63 bits per heavy atom. The van der Waals surface area contributed by atoms with Crippen molar-refractivity contribution in [1.29, 1.82) is 0 Å². The molecule has 0 bridgehead atoms. The fourth-order valence-electron chi connectivity index (χ4n) is 7.50. The summed E-state index contributed by atoms with van der Waals surface area (Å²) in [5.74, 6) is 2.92. The van der Waals surface area contributed by atoms with E-state index < -0.39 is 0 Å². The molecular weight excluding hydrogens is 616 g/mol. The summed E-state index contributed by atoms with van der Waals surface area (Å²) >= 11 is 0. The number of Topliss-reactive ketones (excluding diaryl/α,β-unsaturated/α-hetero) is 2. The number of nitrogens with zero attached hydrogens (tertiary/aromatic N) is 4. The molecular formula is C39H44N6O4. The number of aromatic nitrogens is 4. The Labute approximate surface area is 286 Å². The van der Waals surface area contributed by atoms with E-state index in [0.29, 0.717) is 18.4 Å². The third-order valence-electron chi connectivity index (χ3n) is 10.4. The molecule has 0 spiro atoms. The number of aromatic amines is 2. The number of likely N-dealkylation sites (tertiary alicyclic amines) is 2. The van der Waals surface area contributed by atoms with E-state index in [9.17, 15) is 19.2 Å². The third kappa shape index (κ3) is 7.28. The van der Waals surface area contributed by atoms with Gasteiger partial charge in [-0.05, 0) is 80.0 Å². The number of rotatable bonds is 12. The molecule has 10 nitrogen and oxygen atoms in total. The maximum absolute atomic E-state index is 13.1. The molecule has 2 aromatic carbocycles. The summed E-state index contributed by atoms with van der Waals surface area (Å²) in [6, 6.07) is 16.6. The van der Waals surface area contributed by atoms with Crippen LogP contribution in [-0.2, 0) is 19.2 Å². The lowest BCUT2D eigenvalue weighted by Gasteiger charge is -2.23. The average Bonchev–Trinajstić information content (AvgIpc) is 3.55. The molecule has 10 heteroatoms. The van der Waals surface area contributed by atoms with Crippen LogP contribution in [0.1, 0.15) is 95.4 Å². The second-order valence-electron chi connectivity index (χ2n) is 14.1. The van der Waals surface area contributed by atoms with Crippen LogP contribution in [0.4, 0.5) is 0 Å². The smallest absolute Gasteiger partial charge is 0.223 e. The summed E-state index contributed by atoms with van der Waals surface area (Å²) in [6.07, 6.45) is 9.92. The summed E-state index contributed by atoms with van der Waals surface area (Å²) in [7, 11) is 0. The monoisotopic (exact) mass is 660 g/mol. The molecule has 1 aliphatic carbocycles.